The van der Waals surface area contributed by atoms with Crippen LogP contribution in [0.4, 0.5) is 0 Å². The minimum Gasteiger partial charge on any atom is -0.496 e. The fourth-order valence-electron chi connectivity index (χ4n) is 3.25. The topological polar surface area (TPSA) is 59.4 Å². The molecule has 0 spiro atoms. The van der Waals surface area contributed by atoms with Crippen molar-refractivity contribution in [3.63, 3.8) is 0 Å². The van der Waals surface area contributed by atoms with Gasteiger partial charge in [-0.25, -0.2) is 9.50 Å². The lowest BCUT2D eigenvalue weighted by Gasteiger charge is -2.08. The smallest absolute Gasteiger partial charge is 0.273 e. The van der Waals surface area contributed by atoms with Gasteiger partial charge in [-0.3, -0.25) is 9.89 Å². The SMILES string of the molecule is CCc1[nH]n2c(=O)cc(-c3ccccc3OC)nc2c1-c1ccc(Cl)cc1. The fraction of sp³-hybridized carbons (Fsp3) is 0.143. The molecular weight excluding hydrogens is 362 g/mol. The number of nitrogens with one attached hydrogen (secondary N) is 1. The monoisotopic (exact) mass is 379 g/mol. The van der Waals surface area contributed by atoms with Crippen molar-refractivity contribution in [1.29, 1.82) is 0 Å². The first-order valence-corrected chi connectivity index (χ1v) is 9.04. The van der Waals surface area contributed by atoms with Crippen LogP contribution in [0.25, 0.3) is 28.0 Å². The lowest BCUT2D eigenvalue weighted by atomic mass is 10.0. The molecular formula is C21H18ClN3O2. The van der Waals surface area contributed by atoms with E-state index in [0.717, 1.165) is 28.8 Å². The van der Waals surface area contributed by atoms with Crippen LogP contribution in [0.5, 0.6) is 5.75 Å². The molecule has 0 aliphatic heterocycles. The summed E-state index contributed by atoms with van der Waals surface area (Å²) in [7, 11) is 1.61. The Kier molecular flexibility index (Phi) is 4.46. The number of H-pyrrole nitrogens is 1. The molecule has 0 bridgehead atoms. The van der Waals surface area contributed by atoms with Crippen molar-refractivity contribution in [1.82, 2.24) is 14.6 Å². The molecule has 0 amide bonds. The third kappa shape index (κ3) is 3.00. The molecule has 1 N–H and O–H groups in total. The number of aryl methyl sites for hydroxylation is 1. The predicted molar refractivity (Wildman–Crippen MR) is 108 cm³/mol. The van der Waals surface area contributed by atoms with Crippen LogP contribution >= 0.6 is 11.6 Å². The average Bonchev–Trinajstić information content (AvgIpc) is 3.07. The van der Waals surface area contributed by atoms with Crippen LogP contribution in [-0.4, -0.2) is 21.7 Å². The van der Waals surface area contributed by atoms with Crippen LogP contribution in [0.1, 0.15) is 12.6 Å². The highest BCUT2D eigenvalue weighted by atomic mass is 35.5. The van der Waals surface area contributed by atoms with Gasteiger partial charge in [-0.05, 0) is 36.2 Å². The first-order valence-electron chi connectivity index (χ1n) is 8.66. The largest absolute Gasteiger partial charge is 0.496 e. The Labute approximate surface area is 161 Å². The number of benzene rings is 2. The number of aromatic amines is 1. The Morgan fingerprint density at radius 1 is 1.15 bits per heavy atom. The van der Waals surface area contributed by atoms with Gasteiger partial charge in [0.05, 0.1) is 12.8 Å². The molecule has 0 aliphatic rings. The second-order valence-corrected chi connectivity index (χ2v) is 6.60. The molecule has 0 saturated heterocycles. The van der Waals surface area contributed by atoms with Crippen LogP contribution in [0.3, 0.4) is 0 Å². The number of ether oxygens (including phenoxy) is 1. The highest BCUT2D eigenvalue weighted by Crippen LogP contribution is 2.32. The summed E-state index contributed by atoms with van der Waals surface area (Å²) in [5.74, 6) is 0.674. The molecule has 0 saturated carbocycles. The quantitative estimate of drug-likeness (QED) is 0.564. The van der Waals surface area contributed by atoms with Crippen LogP contribution in [-0.2, 0) is 6.42 Å². The average molecular weight is 380 g/mol. The van der Waals surface area contributed by atoms with Gasteiger partial charge in [0.2, 0.25) is 0 Å². The third-order valence-electron chi connectivity index (χ3n) is 4.56. The van der Waals surface area contributed by atoms with E-state index in [1.54, 1.807) is 7.11 Å². The molecule has 0 unspecified atom stereocenters. The van der Waals surface area contributed by atoms with E-state index in [-0.39, 0.29) is 5.56 Å². The van der Waals surface area contributed by atoms with E-state index in [2.05, 4.69) is 5.10 Å². The summed E-state index contributed by atoms with van der Waals surface area (Å²) in [5, 5.41) is 3.84. The van der Waals surface area contributed by atoms with Crippen molar-refractivity contribution >= 4 is 17.2 Å². The van der Waals surface area contributed by atoms with Gasteiger partial charge in [0, 0.05) is 27.9 Å². The molecule has 0 radical (unpaired) electrons. The maximum absolute atomic E-state index is 12.8. The van der Waals surface area contributed by atoms with Crippen LogP contribution in [0.15, 0.2) is 59.4 Å². The second-order valence-electron chi connectivity index (χ2n) is 6.16. The normalized spacial score (nSPS) is 11.1. The number of para-hydroxylation sites is 1. The summed E-state index contributed by atoms with van der Waals surface area (Å²) in [6, 6.07) is 16.6. The van der Waals surface area contributed by atoms with Crippen LogP contribution in [0, 0.1) is 0 Å². The summed E-state index contributed by atoms with van der Waals surface area (Å²) < 4.78 is 6.92. The molecule has 4 aromatic rings. The van der Waals surface area contributed by atoms with E-state index in [0.29, 0.717) is 22.1 Å². The number of aromatic nitrogens is 3. The first-order chi connectivity index (χ1) is 13.1. The molecule has 5 nitrogen and oxygen atoms in total. The maximum atomic E-state index is 12.8. The highest BCUT2D eigenvalue weighted by molar-refractivity contribution is 6.30. The molecule has 0 fully saturated rings. The summed E-state index contributed by atoms with van der Waals surface area (Å²) in [4.78, 5) is 17.6. The minimum atomic E-state index is -0.171. The first kappa shape index (κ1) is 17.4. The van der Waals surface area contributed by atoms with Crippen LogP contribution in [0.2, 0.25) is 5.02 Å². The number of methoxy groups -OCH3 is 1. The molecule has 2 aromatic carbocycles. The highest BCUT2D eigenvalue weighted by Gasteiger charge is 2.17. The lowest BCUT2D eigenvalue weighted by molar-refractivity contribution is 0.416. The molecule has 0 atom stereocenters. The number of hydrogen-bond donors (Lipinski definition) is 1. The second kappa shape index (κ2) is 6.93. The summed E-state index contributed by atoms with van der Waals surface area (Å²) in [5.41, 5.74) is 4.58. The molecule has 0 aliphatic carbocycles. The zero-order chi connectivity index (χ0) is 19.0. The maximum Gasteiger partial charge on any atom is 0.273 e. The van der Waals surface area contributed by atoms with Gasteiger partial charge in [0.25, 0.3) is 5.56 Å². The Hall–Kier alpha value is -3.05. The van der Waals surface area contributed by atoms with Gasteiger partial charge in [-0.15, -0.1) is 0 Å². The lowest BCUT2D eigenvalue weighted by Crippen LogP contribution is -2.14. The van der Waals surface area contributed by atoms with E-state index in [1.165, 1.54) is 10.6 Å². The number of nitrogens with zero attached hydrogens (tertiary/aromatic N) is 2. The summed E-state index contributed by atoms with van der Waals surface area (Å²) >= 11 is 6.04. The third-order valence-corrected chi connectivity index (χ3v) is 4.81. The van der Waals surface area contributed by atoms with E-state index in [9.17, 15) is 4.79 Å². The van der Waals surface area contributed by atoms with Crippen molar-refractivity contribution < 1.29 is 4.74 Å². The van der Waals surface area contributed by atoms with E-state index >= 15 is 0 Å². The molecule has 4 rings (SSSR count). The Morgan fingerprint density at radius 2 is 1.89 bits per heavy atom. The van der Waals surface area contributed by atoms with Crippen molar-refractivity contribution in [3.8, 4) is 28.1 Å². The predicted octanol–water partition coefficient (Wildman–Crippen LogP) is 4.58. The minimum absolute atomic E-state index is 0.171. The van der Waals surface area contributed by atoms with E-state index in [4.69, 9.17) is 21.3 Å². The van der Waals surface area contributed by atoms with Gasteiger partial charge in [0.1, 0.15) is 5.75 Å². The summed E-state index contributed by atoms with van der Waals surface area (Å²) in [6.45, 7) is 2.04. The number of rotatable bonds is 4. The van der Waals surface area contributed by atoms with E-state index < -0.39 is 0 Å². The van der Waals surface area contributed by atoms with Crippen LogP contribution < -0.4 is 10.3 Å². The van der Waals surface area contributed by atoms with Gasteiger partial charge in [-0.1, -0.05) is 42.8 Å². The molecule has 6 heteroatoms. The molecule has 27 heavy (non-hydrogen) atoms. The number of hydrogen-bond acceptors (Lipinski definition) is 3. The van der Waals surface area contributed by atoms with Gasteiger partial charge >= 0.3 is 0 Å². The number of fused-ring (bicyclic) bond motifs is 1. The Morgan fingerprint density at radius 3 is 2.59 bits per heavy atom. The van der Waals surface area contributed by atoms with Crippen molar-refractivity contribution in [2.24, 2.45) is 0 Å². The number of halogens is 1. The molecule has 136 valence electrons. The fourth-order valence-corrected chi connectivity index (χ4v) is 3.38. The van der Waals surface area contributed by atoms with E-state index in [1.807, 2.05) is 55.5 Å². The van der Waals surface area contributed by atoms with Crippen molar-refractivity contribution in [3.05, 3.63) is 75.7 Å². The zero-order valence-electron chi connectivity index (χ0n) is 15.0. The van der Waals surface area contributed by atoms with Crippen molar-refractivity contribution in [2.45, 2.75) is 13.3 Å². The van der Waals surface area contributed by atoms with Gasteiger partial charge in [0.15, 0.2) is 5.65 Å². The Balaban J connectivity index is 2.02. The molecule has 2 aromatic heterocycles. The van der Waals surface area contributed by atoms with Gasteiger partial charge in [-0.2, -0.15) is 0 Å². The van der Waals surface area contributed by atoms with Crippen molar-refractivity contribution in [2.75, 3.05) is 7.11 Å². The standard InChI is InChI=1S/C21H18ClN3O2/c1-3-16-20(13-8-10-14(22)11-9-13)21-23-17(12-19(26)25(21)24-16)15-6-4-5-7-18(15)27-2/h4-12,24H,3H2,1-2H3. The van der Waals surface area contributed by atoms with Gasteiger partial charge < -0.3 is 4.74 Å². The summed E-state index contributed by atoms with van der Waals surface area (Å²) in [6.07, 6.45) is 0.741. The zero-order valence-corrected chi connectivity index (χ0v) is 15.7. The Bertz CT molecular complexity index is 1180. The molecule has 2 heterocycles.